The molecule has 2 heterocycles. The van der Waals surface area contributed by atoms with Gasteiger partial charge in [0.2, 0.25) is 5.52 Å². The third-order valence-electron chi connectivity index (χ3n) is 5.25. The quantitative estimate of drug-likeness (QED) is 0.508. The number of para-hydroxylation sites is 2. The van der Waals surface area contributed by atoms with Crippen molar-refractivity contribution >= 4 is 34.0 Å². The number of aryl methyl sites for hydroxylation is 2. The van der Waals surface area contributed by atoms with Crippen LogP contribution in [0.4, 0.5) is 0 Å². The number of pyridine rings is 1. The molecule has 0 spiro atoms. The smallest absolute Gasteiger partial charge is 0.212 e. The van der Waals surface area contributed by atoms with Gasteiger partial charge in [0.25, 0.3) is 0 Å². The fourth-order valence-electron chi connectivity index (χ4n) is 3.68. The van der Waals surface area contributed by atoms with Gasteiger partial charge < -0.3 is 14.8 Å². The molecule has 2 N–H and O–H groups in total. The summed E-state index contributed by atoms with van der Waals surface area (Å²) >= 11 is 0. The van der Waals surface area contributed by atoms with Crippen LogP contribution in [0.25, 0.3) is 34.0 Å². The van der Waals surface area contributed by atoms with Crippen LogP contribution in [0.3, 0.4) is 0 Å². The van der Waals surface area contributed by atoms with E-state index in [9.17, 15) is 5.11 Å². The topological polar surface area (TPSA) is 49.3 Å². The van der Waals surface area contributed by atoms with Gasteiger partial charge in [-0.25, -0.2) is 4.57 Å². The number of aliphatic hydroxyl groups is 2. The summed E-state index contributed by atoms with van der Waals surface area (Å²) in [5.74, 6) is 0. The lowest BCUT2D eigenvalue weighted by molar-refractivity contribution is -0.644. The zero-order valence-electron chi connectivity index (χ0n) is 16.0. The Balaban J connectivity index is 1.71. The molecule has 4 nitrogen and oxygen atoms in total. The van der Waals surface area contributed by atoms with E-state index in [4.69, 9.17) is 5.11 Å². The van der Waals surface area contributed by atoms with Gasteiger partial charge in [-0.3, -0.25) is 0 Å². The highest BCUT2D eigenvalue weighted by molar-refractivity contribution is 5.95. The van der Waals surface area contributed by atoms with Crippen LogP contribution in [-0.4, -0.2) is 27.5 Å². The number of benzene rings is 2. The minimum atomic E-state index is -0.684. The van der Waals surface area contributed by atoms with Crippen molar-refractivity contribution in [3.05, 3.63) is 78.1 Å². The number of hydrogen-bond donors (Lipinski definition) is 2. The Morgan fingerprint density at radius 3 is 2.50 bits per heavy atom. The molecular weight excluding hydrogens is 348 g/mol. The van der Waals surface area contributed by atoms with Gasteiger partial charge >= 0.3 is 0 Å². The van der Waals surface area contributed by atoms with Crippen LogP contribution in [0.15, 0.2) is 67.0 Å². The van der Waals surface area contributed by atoms with Gasteiger partial charge in [-0.1, -0.05) is 42.5 Å². The second kappa shape index (κ2) is 7.97. The van der Waals surface area contributed by atoms with Crippen molar-refractivity contribution < 1.29 is 14.8 Å². The van der Waals surface area contributed by atoms with Crippen LogP contribution in [0, 0.1) is 0 Å². The van der Waals surface area contributed by atoms with Gasteiger partial charge in [0, 0.05) is 35.8 Å². The highest BCUT2D eigenvalue weighted by atomic mass is 16.3. The molecule has 0 aliphatic heterocycles. The van der Waals surface area contributed by atoms with E-state index in [2.05, 4.69) is 83.2 Å². The molecule has 1 unspecified atom stereocenters. The van der Waals surface area contributed by atoms with Gasteiger partial charge in [-0.2, -0.15) is 0 Å². The fourth-order valence-corrected chi connectivity index (χ4v) is 3.68. The summed E-state index contributed by atoms with van der Waals surface area (Å²) in [4.78, 5) is 0. The Morgan fingerprint density at radius 1 is 0.964 bits per heavy atom. The molecule has 0 saturated carbocycles. The summed E-state index contributed by atoms with van der Waals surface area (Å²) in [5.41, 5.74) is 4.66. The Labute approximate surface area is 164 Å². The maximum atomic E-state index is 9.69. The Morgan fingerprint density at radius 2 is 1.68 bits per heavy atom. The molecular formula is C24H25N2O2+. The monoisotopic (exact) mass is 373 g/mol. The van der Waals surface area contributed by atoms with Crippen LogP contribution in [-0.2, 0) is 13.6 Å². The first kappa shape index (κ1) is 18.4. The molecule has 28 heavy (non-hydrogen) atoms. The second-order valence-electron chi connectivity index (χ2n) is 7.15. The van der Waals surface area contributed by atoms with Crippen LogP contribution in [0.5, 0.6) is 0 Å². The Hall–Kier alpha value is -2.95. The molecule has 4 heteroatoms. The third kappa shape index (κ3) is 3.57. The number of fused-ring (bicyclic) bond motifs is 2. The number of aromatic nitrogens is 2. The molecule has 0 aliphatic carbocycles. The molecule has 1 atom stereocenters. The Kier molecular flexibility index (Phi) is 5.24. The summed E-state index contributed by atoms with van der Waals surface area (Å²) in [6.07, 6.45) is 8.37. The fraction of sp³-hybridized carbons (Fsp3) is 0.208. The van der Waals surface area contributed by atoms with Crippen molar-refractivity contribution in [1.82, 2.24) is 4.57 Å². The summed E-state index contributed by atoms with van der Waals surface area (Å²) in [5, 5.41) is 21.2. The van der Waals surface area contributed by atoms with E-state index >= 15 is 0 Å². The number of rotatable bonds is 6. The predicted octanol–water partition coefficient (Wildman–Crippen LogP) is 3.53. The zero-order valence-corrected chi connectivity index (χ0v) is 16.0. The molecule has 0 saturated heterocycles. The van der Waals surface area contributed by atoms with E-state index in [0.717, 1.165) is 11.1 Å². The van der Waals surface area contributed by atoms with Gasteiger partial charge in [-0.15, -0.1) is 0 Å². The van der Waals surface area contributed by atoms with Crippen molar-refractivity contribution in [3.8, 4) is 0 Å². The zero-order chi connectivity index (χ0) is 19.5. The van der Waals surface area contributed by atoms with Crippen molar-refractivity contribution in [2.45, 2.75) is 19.1 Å². The molecule has 142 valence electrons. The third-order valence-corrected chi connectivity index (χ3v) is 5.25. The van der Waals surface area contributed by atoms with E-state index in [0.29, 0.717) is 13.0 Å². The SMILES string of the molecule is C[n+]1ccc(/C=C/c2cn(CCC(O)CO)c3ccccc23)c2ccccc21. The summed E-state index contributed by atoms with van der Waals surface area (Å²) in [6.45, 7) is 0.463. The van der Waals surface area contributed by atoms with Gasteiger partial charge in [0.05, 0.1) is 18.1 Å². The standard InChI is InChI=1S/C24H25N2O2/c1-25-14-12-18(21-6-2-4-8-23(21)25)10-11-19-16-26(15-13-20(28)17-27)24-9-5-3-7-22(19)24/h2-12,14,16,20,27-28H,13,15,17H2,1H3/q+1. The molecule has 4 aromatic rings. The first-order valence-electron chi connectivity index (χ1n) is 9.59. The maximum Gasteiger partial charge on any atom is 0.212 e. The first-order chi connectivity index (χ1) is 13.7. The van der Waals surface area contributed by atoms with Crippen molar-refractivity contribution in [3.63, 3.8) is 0 Å². The van der Waals surface area contributed by atoms with Crippen molar-refractivity contribution in [2.75, 3.05) is 6.61 Å². The number of aliphatic hydroxyl groups excluding tert-OH is 2. The summed E-state index contributed by atoms with van der Waals surface area (Å²) in [6, 6.07) is 18.8. The van der Waals surface area contributed by atoms with Crippen LogP contribution >= 0.6 is 0 Å². The van der Waals surface area contributed by atoms with E-state index in [1.807, 2.05) is 12.1 Å². The molecule has 2 aromatic carbocycles. The van der Waals surface area contributed by atoms with Gasteiger partial charge in [-0.05, 0) is 29.7 Å². The van der Waals surface area contributed by atoms with E-state index in [-0.39, 0.29) is 6.61 Å². The minimum Gasteiger partial charge on any atom is -0.394 e. The van der Waals surface area contributed by atoms with Crippen molar-refractivity contribution in [1.29, 1.82) is 0 Å². The van der Waals surface area contributed by atoms with Gasteiger partial charge in [0.15, 0.2) is 6.20 Å². The average molecular weight is 373 g/mol. The van der Waals surface area contributed by atoms with E-state index in [1.165, 1.54) is 21.9 Å². The second-order valence-corrected chi connectivity index (χ2v) is 7.15. The normalized spacial score (nSPS) is 13.0. The molecule has 0 fully saturated rings. The lowest BCUT2D eigenvalue weighted by atomic mass is 10.1. The summed E-state index contributed by atoms with van der Waals surface area (Å²) < 4.78 is 4.28. The van der Waals surface area contributed by atoms with Crippen LogP contribution in [0.2, 0.25) is 0 Å². The summed E-state index contributed by atoms with van der Waals surface area (Å²) in [7, 11) is 2.06. The highest BCUT2D eigenvalue weighted by Crippen LogP contribution is 2.25. The molecule has 4 rings (SSSR count). The predicted molar refractivity (Wildman–Crippen MR) is 114 cm³/mol. The minimum absolute atomic E-state index is 0.204. The van der Waals surface area contributed by atoms with Gasteiger partial charge in [0.1, 0.15) is 7.05 Å². The highest BCUT2D eigenvalue weighted by Gasteiger charge is 2.10. The molecule has 0 amide bonds. The van der Waals surface area contributed by atoms with E-state index < -0.39 is 6.10 Å². The first-order valence-corrected chi connectivity index (χ1v) is 9.59. The molecule has 0 aliphatic rings. The lowest BCUT2D eigenvalue weighted by Crippen LogP contribution is -2.28. The largest absolute Gasteiger partial charge is 0.394 e. The lowest BCUT2D eigenvalue weighted by Gasteiger charge is -2.08. The molecule has 0 radical (unpaired) electrons. The van der Waals surface area contributed by atoms with Crippen LogP contribution in [0.1, 0.15) is 17.5 Å². The van der Waals surface area contributed by atoms with E-state index in [1.54, 1.807) is 0 Å². The average Bonchev–Trinajstić information content (AvgIpc) is 3.09. The number of hydrogen-bond acceptors (Lipinski definition) is 2. The van der Waals surface area contributed by atoms with Crippen molar-refractivity contribution in [2.24, 2.45) is 7.05 Å². The van der Waals surface area contributed by atoms with Crippen LogP contribution < -0.4 is 4.57 Å². The molecule has 2 aromatic heterocycles. The number of nitrogens with zero attached hydrogens (tertiary/aromatic N) is 2. The molecule has 0 bridgehead atoms. The maximum absolute atomic E-state index is 9.69. The Bertz CT molecular complexity index is 1140.